The van der Waals surface area contributed by atoms with Crippen LogP contribution in [0.4, 0.5) is 11.4 Å². The SMILES string of the molecule is COc1ccc(NC(=O)C(=O)Nc2ccc(C)cc2)c(OC)c1. The molecule has 0 unspecified atom stereocenters. The van der Waals surface area contributed by atoms with Gasteiger partial charge in [0.05, 0.1) is 19.9 Å². The van der Waals surface area contributed by atoms with Crippen LogP contribution in [0.25, 0.3) is 0 Å². The van der Waals surface area contributed by atoms with E-state index >= 15 is 0 Å². The van der Waals surface area contributed by atoms with Crippen LogP contribution < -0.4 is 20.1 Å². The molecule has 6 nitrogen and oxygen atoms in total. The molecule has 6 heteroatoms. The second-order valence-corrected chi connectivity index (χ2v) is 4.84. The molecule has 0 spiro atoms. The van der Waals surface area contributed by atoms with E-state index in [4.69, 9.17) is 9.47 Å². The lowest BCUT2D eigenvalue weighted by atomic mass is 10.2. The maximum atomic E-state index is 12.0. The van der Waals surface area contributed by atoms with Gasteiger partial charge in [-0.2, -0.15) is 0 Å². The molecule has 0 bridgehead atoms. The Balaban J connectivity index is 2.06. The highest BCUT2D eigenvalue weighted by molar-refractivity contribution is 6.43. The van der Waals surface area contributed by atoms with Crippen molar-refractivity contribution < 1.29 is 19.1 Å². The zero-order valence-electron chi connectivity index (χ0n) is 13.2. The van der Waals surface area contributed by atoms with E-state index in [0.29, 0.717) is 22.9 Å². The van der Waals surface area contributed by atoms with Crippen LogP contribution in [0.3, 0.4) is 0 Å². The topological polar surface area (TPSA) is 76.7 Å². The summed E-state index contributed by atoms with van der Waals surface area (Å²) in [6.45, 7) is 1.94. The summed E-state index contributed by atoms with van der Waals surface area (Å²) >= 11 is 0. The van der Waals surface area contributed by atoms with Gasteiger partial charge in [0.25, 0.3) is 0 Å². The molecule has 2 N–H and O–H groups in total. The predicted molar refractivity (Wildman–Crippen MR) is 88.0 cm³/mol. The van der Waals surface area contributed by atoms with Gasteiger partial charge < -0.3 is 20.1 Å². The fourth-order valence-corrected chi connectivity index (χ4v) is 1.91. The fourth-order valence-electron chi connectivity index (χ4n) is 1.91. The highest BCUT2D eigenvalue weighted by Crippen LogP contribution is 2.28. The van der Waals surface area contributed by atoms with E-state index in [0.717, 1.165) is 5.56 Å². The van der Waals surface area contributed by atoms with Gasteiger partial charge in [0.15, 0.2) is 0 Å². The van der Waals surface area contributed by atoms with Crippen LogP contribution in [-0.4, -0.2) is 26.0 Å². The quantitative estimate of drug-likeness (QED) is 0.851. The Kier molecular flexibility index (Phi) is 5.19. The molecular formula is C17H18N2O4. The predicted octanol–water partition coefficient (Wildman–Crippen LogP) is 2.59. The largest absolute Gasteiger partial charge is 0.497 e. The molecule has 0 aliphatic carbocycles. The van der Waals surface area contributed by atoms with Gasteiger partial charge in [-0.1, -0.05) is 17.7 Å². The highest BCUT2D eigenvalue weighted by Gasteiger charge is 2.16. The molecule has 0 fully saturated rings. The Morgan fingerprint density at radius 2 is 1.52 bits per heavy atom. The number of nitrogens with one attached hydrogen (secondary N) is 2. The molecule has 0 radical (unpaired) electrons. The molecule has 2 amide bonds. The van der Waals surface area contributed by atoms with Crippen molar-refractivity contribution in [3.05, 3.63) is 48.0 Å². The maximum Gasteiger partial charge on any atom is 0.314 e. The lowest BCUT2D eigenvalue weighted by Gasteiger charge is -2.11. The van der Waals surface area contributed by atoms with E-state index in [1.165, 1.54) is 14.2 Å². The van der Waals surface area contributed by atoms with Gasteiger partial charge in [-0.3, -0.25) is 9.59 Å². The van der Waals surface area contributed by atoms with E-state index in [-0.39, 0.29) is 0 Å². The van der Waals surface area contributed by atoms with E-state index in [2.05, 4.69) is 10.6 Å². The van der Waals surface area contributed by atoms with E-state index < -0.39 is 11.8 Å². The summed E-state index contributed by atoms with van der Waals surface area (Å²) < 4.78 is 10.3. The second kappa shape index (κ2) is 7.31. The zero-order valence-corrected chi connectivity index (χ0v) is 13.2. The van der Waals surface area contributed by atoms with Crippen molar-refractivity contribution in [2.24, 2.45) is 0 Å². The van der Waals surface area contributed by atoms with E-state index in [9.17, 15) is 9.59 Å². The minimum atomic E-state index is -0.783. The van der Waals surface area contributed by atoms with Gasteiger partial charge in [-0.05, 0) is 31.2 Å². The van der Waals surface area contributed by atoms with Gasteiger partial charge in [-0.15, -0.1) is 0 Å². The number of amides is 2. The average molecular weight is 314 g/mol. The third kappa shape index (κ3) is 4.23. The third-order valence-corrected chi connectivity index (χ3v) is 3.17. The van der Waals surface area contributed by atoms with E-state index in [1.807, 2.05) is 19.1 Å². The van der Waals surface area contributed by atoms with Gasteiger partial charge in [-0.25, -0.2) is 0 Å². The number of carbonyl (C=O) groups is 2. The highest BCUT2D eigenvalue weighted by atomic mass is 16.5. The maximum absolute atomic E-state index is 12.0. The van der Waals surface area contributed by atoms with Crippen LogP contribution in [0.15, 0.2) is 42.5 Å². The minimum absolute atomic E-state index is 0.386. The Morgan fingerprint density at radius 1 is 0.870 bits per heavy atom. The van der Waals surface area contributed by atoms with Crippen molar-refractivity contribution in [2.45, 2.75) is 6.92 Å². The molecule has 2 rings (SSSR count). The standard InChI is InChI=1S/C17H18N2O4/c1-11-4-6-12(7-5-11)18-16(20)17(21)19-14-9-8-13(22-2)10-15(14)23-3/h4-10H,1-3H3,(H,18,20)(H,19,21). The van der Waals surface area contributed by atoms with Crippen LogP contribution in [0.1, 0.15) is 5.56 Å². The Morgan fingerprint density at radius 3 is 2.13 bits per heavy atom. The Hall–Kier alpha value is -3.02. The number of ether oxygens (including phenoxy) is 2. The summed E-state index contributed by atoms with van der Waals surface area (Å²) in [5.74, 6) is -0.550. The second-order valence-electron chi connectivity index (χ2n) is 4.84. The zero-order chi connectivity index (χ0) is 16.8. The summed E-state index contributed by atoms with van der Waals surface area (Å²) in [6.07, 6.45) is 0. The number of hydrogen-bond acceptors (Lipinski definition) is 4. The first-order chi connectivity index (χ1) is 11.0. The molecule has 0 heterocycles. The molecule has 2 aromatic rings. The first-order valence-electron chi connectivity index (χ1n) is 6.94. The molecule has 2 aromatic carbocycles. The molecule has 23 heavy (non-hydrogen) atoms. The fraction of sp³-hybridized carbons (Fsp3) is 0.176. The normalized spacial score (nSPS) is 9.87. The summed E-state index contributed by atoms with van der Waals surface area (Å²) in [6, 6.07) is 12.0. The first kappa shape index (κ1) is 16.4. The lowest BCUT2D eigenvalue weighted by Crippen LogP contribution is -2.29. The van der Waals surface area contributed by atoms with Crippen molar-refractivity contribution in [3.63, 3.8) is 0 Å². The van der Waals surface area contributed by atoms with E-state index in [1.54, 1.807) is 30.3 Å². The Labute approximate surface area is 134 Å². The van der Waals surface area contributed by atoms with Crippen LogP contribution >= 0.6 is 0 Å². The van der Waals surface area contributed by atoms with Gasteiger partial charge in [0.2, 0.25) is 0 Å². The van der Waals surface area contributed by atoms with Crippen molar-refractivity contribution in [2.75, 3.05) is 24.9 Å². The van der Waals surface area contributed by atoms with Crippen LogP contribution in [0.5, 0.6) is 11.5 Å². The number of rotatable bonds is 4. The first-order valence-corrected chi connectivity index (χ1v) is 6.94. The summed E-state index contributed by atoms with van der Waals surface area (Å²) in [5, 5.41) is 5.05. The number of aryl methyl sites for hydroxylation is 1. The molecule has 0 aliphatic rings. The van der Waals surface area contributed by atoms with Gasteiger partial charge in [0, 0.05) is 11.8 Å². The summed E-state index contributed by atoms with van der Waals surface area (Å²) in [7, 11) is 3.00. The minimum Gasteiger partial charge on any atom is -0.497 e. The number of hydrogen-bond donors (Lipinski definition) is 2. The molecule has 120 valence electrons. The van der Waals surface area contributed by atoms with Gasteiger partial charge in [0.1, 0.15) is 11.5 Å². The monoisotopic (exact) mass is 314 g/mol. The number of methoxy groups -OCH3 is 2. The van der Waals surface area contributed by atoms with Crippen LogP contribution in [0.2, 0.25) is 0 Å². The molecule has 0 atom stereocenters. The molecular weight excluding hydrogens is 296 g/mol. The smallest absolute Gasteiger partial charge is 0.314 e. The summed E-state index contributed by atoms with van der Waals surface area (Å²) in [5.41, 5.74) is 2.00. The van der Waals surface area contributed by atoms with Crippen molar-refractivity contribution in [1.29, 1.82) is 0 Å². The van der Waals surface area contributed by atoms with Gasteiger partial charge >= 0.3 is 11.8 Å². The Bertz CT molecular complexity index is 711. The van der Waals surface area contributed by atoms with Crippen LogP contribution in [0, 0.1) is 6.92 Å². The molecule has 0 aliphatic heterocycles. The molecule has 0 saturated carbocycles. The lowest BCUT2D eigenvalue weighted by molar-refractivity contribution is -0.133. The number of benzene rings is 2. The number of anilines is 2. The third-order valence-electron chi connectivity index (χ3n) is 3.17. The number of carbonyl (C=O) groups excluding carboxylic acids is 2. The molecule has 0 saturated heterocycles. The van der Waals surface area contributed by atoms with Crippen LogP contribution in [-0.2, 0) is 9.59 Å². The van der Waals surface area contributed by atoms with Crippen molar-refractivity contribution >= 4 is 23.2 Å². The van der Waals surface area contributed by atoms with Crippen molar-refractivity contribution in [3.8, 4) is 11.5 Å². The average Bonchev–Trinajstić information content (AvgIpc) is 2.57. The summed E-state index contributed by atoms with van der Waals surface area (Å²) in [4.78, 5) is 23.9. The van der Waals surface area contributed by atoms with Crippen molar-refractivity contribution in [1.82, 2.24) is 0 Å². The molecule has 0 aromatic heterocycles.